The summed E-state index contributed by atoms with van der Waals surface area (Å²) in [7, 11) is 0. The molecule has 6 nitrogen and oxygen atoms in total. The molecular weight excluding hydrogens is 388 g/mol. The molecule has 3 amide bonds. The molecular formula is C25H34N4O2. The Balaban J connectivity index is 1.64. The average molecular weight is 423 g/mol. The van der Waals surface area contributed by atoms with Gasteiger partial charge in [0.15, 0.2) is 0 Å². The molecule has 166 valence electrons. The highest BCUT2D eigenvalue weighted by molar-refractivity contribution is 5.96. The zero-order valence-electron chi connectivity index (χ0n) is 18.6. The van der Waals surface area contributed by atoms with E-state index >= 15 is 0 Å². The predicted octanol–water partition coefficient (Wildman–Crippen LogP) is 5.12. The number of benzene rings is 2. The molecule has 1 heterocycles. The fourth-order valence-electron chi connectivity index (χ4n) is 4.08. The molecule has 1 saturated heterocycles. The van der Waals surface area contributed by atoms with Crippen LogP contribution in [-0.2, 0) is 4.79 Å². The minimum Gasteiger partial charge on any atom is -0.325 e. The Bertz CT molecular complexity index is 826. The Morgan fingerprint density at radius 2 is 1.39 bits per heavy atom. The van der Waals surface area contributed by atoms with Gasteiger partial charge >= 0.3 is 6.03 Å². The van der Waals surface area contributed by atoms with Crippen molar-refractivity contribution in [1.82, 2.24) is 9.80 Å². The van der Waals surface area contributed by atoms with E-state index in [9.17, 15) is 9.59 Å². The number of nitrogens with one attached hydrogen (secondary N) is 2. The highest BCUT2D eigenvalue weighted by Crippen LogP contribution is 2.23. The number of rotatable bonds is 7. The van der Waals surface area contributed by atoms with E-state index in [-0.39, 0.29) is 18.0 Å². The third-order valence-corrected chi connectivity index (χ3v) is 5.84. The van der Waals surface area contributed by atoms with E-state index in [2.05, 4.69) is 29.4 Å². The molecule has 3 rings (SSSR count). The maximum atomic E-state index is 13.1. The number of hydrogen-bond donors (Lipinski definition) is 2. The zero-order valence-corrected chi connectivity index (χ0v) is 18.6. The molecule has 2 aromatic rings. The van der Waals surface area contributed by atoms with Gasteiger partial charge in [-0.05, 0) is 55.8 Å². The Morgan fingerprint density at radius 3 is 1.94 bits per heavy atom. The number of carbonyl (C=O) groups is 2. The smallest absolute Gasteiger partial charge is 0.321 e. The Morgan fingerprint density at radius 1 is 0.839 bits per heavy atom. The Hall–Kier alpha value is -2.86. The zero-order chi connectivity index (χ0) is 22.1. The summed E-state index contributed by atoms with van der Waals surface area (Å²) in [6.45, 7) is 7.32. The average Bonchev–Trinajstić information content (AvgIpc) is 3.09. The first-order valence-corrected chi connectivity index (χ1v) is 11.4. The van der Waals surface area contributed by atoms with Gasteiger partial charge in [-0.3, -0.25) is 9.69 Å². The molecule has 1 unspecified atom stereocenters. The molecule has 0 saturated carbocycles. The molecule has 2 N–H and O–H groups in total. The van der Waals surface area contributed by atoms with Gasteiger partial charge in [0.2, 0.25) is 5.91 Å². The van der Waals surface area contributed by atoms with Crippen LogP contribution in [0.3, 0.4) is 0 Å². The van der Waals surface area contributed by atoms with Crippen molar-refractivity contribution in [1.29, 1.82) is 0 Å². The van der Waals surface area contributed by atoms with Gasteiger partial charge < -0.3 is 15.5 Å². The molecule has 1 fully saturated rings. The maximum Gasteiger partial charge on any atom is 0.321 e. The van der Waals surface area contributed by atoms with Crippen LogP contribution >= 0.6 is 0 Å². The molecule has 31 heavy (non-hydrogen) atoms. The number of urea groups is 1. The molecule has 0 bridgehead atoms. The highest BCUT2D eigenvalue weighted by Gasteiger charge is 2.25. The lowest BCUT2D eigenvalue weighted by molar-refractivity contribution is -0.121. The fraction of sp³-hybridized carbons (Fsp3) is 0.440. The maximum absolute atomic E-state index is 13.1. The first-order valence-electron chi connectivity index (χ1n) is 11.4. The third-order valence-electron chi connectivity index (χ3n) is 5.84. The van der Waals surface area contributed by atoms with Crippen LogP contribution in [0.4, 0.5) is 16.2 Å². The SMILES string of the molecule is CCN(CC)C(C(=O)Nc1ccc(NC(=O)N2CCCCCC2)cc1)c1ccccc1. The van der Waals surface area contributed by atoms with Crippen molar-refractivity contribution in [3.8, 4) is 0 Å². The minimum atomic E-state index is -0.349. The number of likely N-dealkylation sites (tertiary alicyclic amines) is 1. The topological polar surface area (TPSA) is 64.7 Å². The molecule has 1 atom stereocenters. The summed E-state index contributed by atoms with van der Waals surface area (Å²) in [5.74, 6) is -0.0590. The number of amides is 3. The summed E-state index contributed by atoms with van der Waals surface area (Å²) in [5.41, 5.74) is 2.42. The number of anilines is 2. The molecule has 0 aliphatic carbocycles. The van der Waals surface area contributed by atoms with Gasteiger partial charge in [-0.25, -0.2) is 4.79 Å². The third kappa shape index (κ3) is 6.31. The van der Waals surface area contributed by atoms with Crippen molar-refractivity contribution in [2.24, 2.45) is 0 Å². The van der Waals surface area contributed by atoms with E-state index in [1.807, 2.05) is 59.5 Å². The fourth-order valence-corrected chi connectivity index (χ4v) is 4.08. The van der Waals surface area contributed by atoms with Gasteiger partial charge in [0, 0.05) is 24.5 Å². The van der Waals surface area contributed by atoms with Gasteiger partial charge in [0.05, 0.1) is 0 Å². The first-order chi connectivity index (χ1) is 15.1. The van der Waals surface area contributed by atoms with Crippen molar-refractivity contribution < 1.29 is 9.59 Å². The molecule has 0 aromatic heterocycles. The largest absolute Gasteiger partial charge is 0.325 e. The van der Waals surface area contributed by atoms with Crippen molar-refractivity contribution in [3.05, 3.63) is 60.2 Å². The van der Waals surface area contributed by atoms with E-state index in [0.717, 1.165) is 50.3 Å². The van der Waals surface area contributed by atoms with Crippen LogP contribution in [0.2, 0.25) is 0 Å². The summed E-state index contributed by atoms with van der Waals surface area (Å²) >= 11 is 0. The second-order valence-electron chi connectivity index (χ2n) is 7.93. The van der Waals surface area contributed by atoms with Crippen LogP contribution in [0.15, 0.2) is 54.6 Å². The molecule has 1 aliphatic rings. The summed E-state index contributed by atoms with van der Waals surface area (Å²) in [5, 5.41) is 6.01. The monoisotopic (exact) mass is 422 g/mol. The van der Waals surface area contributed by atoms with Crippen LogP contribution in [0.5, 0.6) is 0 Å². The summed E-state index contributed by atoms with van der Waals surface area (Å²) in [4.78, 5) is 29.7. The van der Waals surface area contributed by atoms with Crippen molar-refractivity contribution in [2.45, 2.75) is 45.6 Å². The van der Waals surface area contributed by atoms with Crippen molar-refractivity contribution in [3.63, 3.8) is 0 Å². The van der Waals surface area contributed by atoms with Crippen LogP contribution in [-0.4, -0.2) is 47.9 Å². The Kier molecular flexibility index (Phi) is 8.47. The second kappa shape index (κ2) is 11.5. The number of likely N-dealkylation sites (N-methyl/N-ethyl adjacent to an activating group) is 1. The van der Waals surface area contributed by atoms with Gasteiger partial charge in [0.1, 0.15) is 6.04 Å². The van der Waals surface area contributed by atoms with Crippen LogP contribution in [0.25, 0.3) is 0 Å². The molecule has 2 aromatic carbocycles. The van der Waals surface area contributed by atoms with E-state index in [4.69, 9.17) is 0 Å². The van der Waals surface area contributed by atoms with E-state index in [1.54, 1.807) is 0 Å². The quantitative estimate of drug-likeness (QED) is 0.651. The first kappa shape index (κ1) is 22.8. The second-order valence-corrected chi connectivity index (χ2v) is 7.93. The van der Waals surface area contributed by atoms with Crippen molar-refractivity contribution in [2.75, 3.05) is 36.8 Å². The lowest BCUT2D eigenvalue weighted by Gasteiger charge is -2.29. The lowest BCUT2D eigenvalue weighted by atomic mass is 10.0. The van der Waals surface area contributed by atoms with Gasteiger partial charge in [0.25, 0.3) is 0 Å². The molecule has 1 aliphatic heterocycles. The van der Waals surface area contributed by atoms with Crippen LogP contribution < -0.4 is 10.6 Å². The minimum absolute atomic E-state index is 0.0515. The summed E-state index contributed by atoms with van der Waals surface area (Å²) in [6, 6.07) is 16.8. The number of hydrogen-bond acceptors (Lipinski definition) is 3. The van der Waals surface area contributed by atoms with E-state index in [1.165, 1.54) is 12.8 Å². The Labute approximate surface area is 185 Å². The van der Waals surface area contributed by atoms with Crippen LogP contribution in [0, 0.1) is 0 Å². The molecule has 0 radical (unpaired) electrons. The van der Waals surface area contributed by atoms with Crippen molar-refractivity contribution >= 4 is 23.3 Å². The standard InChI is InChI=1S/C25H34N4O2/c1-3-28(4-2)23(20-12-8-7-9-13-20)24(30)26-21-14-16-22(17-15-21)27-25(31)29-18-10-5-6-11-19-29/h7-9,12-17,23H,3-6,10-11,18-19H2,1-2H3,(H,26,30)(H,27,31). The van der Waals surface area contributed by atoms with Crippen LogP contribution in [0.1, 0.15) is 51.1 Å². The van der Waals surface area contributed by atoms with Gasteiger partial charge in [-0.1, -0.05) is 57.0 Å². The van der Waals surface area contributed by atoms with E-state index in [0.29, 0.717) is 5.69 Å². The van der Waals surface area contributed by atoms with Gasteiger partial charge in [-0.15, -0.1) is 0 Å². The predicted molar refractivity (Wildman–Crippen MR) is 126 cm³/mol. The molecule has 0 spiro atoms. The van der Waals surface area contributed by atoms with Gasteiger partial charge in [-0.2, -0.15) is 0 Å². The lowest BCUT2D eigenvalue weighted by Crippen LogP contribution is -2.37. The summed E-state index contributed by atoms with van der Waals surface area (Å²) in [6.07, 6.45) is 4.51. The molecule has 6 heteroatoms. The normalized spacial score (nSPS) is 15.3. The number of nitrogens with zero attached hydrogens (tertiary/aromatic N) is 2. The number of carbonyl (C=O) groups excluding carboxylic acids is 2. The highest BCUT2D eigenvalue weighted by atomic mass is 16.2. The summed E-state index contributed by atoms with van der Waals surface area (Å²) < 4.78 is 0. The van der Waals surface area contributed by atoms with E-state index < -0.39 is 0 Å².